The van der Waals surface area contributed by atoms with E-state index in [-0.39, 0.29) is 0 Å². The largest absolute Gasteiger partial charge is 0.416 e. The van der Waals surface area contributed by atoms with E-state index >= 15 is 0 Å². The van der Waals surface area contributed by atoms with Crippen molar-refractivity contribution in [3.63, 3.8) is 0 Å². The van der Waals surface area contributed by atoms with E-state index in [4.69, 9.17) is 0 Å². The summed E-state index contributed by atoms with van der Waals surface area (Å²) in [5.74, 6) is 4.69. The molecule has 12 nitrogen and oxygen atoms in total. The van der Waals surface area contributed by atoms with E-state index in [9.17, 15) is 26.3 Å². The van der Waals surface area contributed by atoms with Gasteiger partial charge in [-0.2, -0.15) is 26.3 Å². The number of rotatable bonds is 14. The van der Waals surface area contributed by atoms with E-state index in [1.807, 2.05) is 47.5 Å². The first kappa shape index (κ1) is 47.9. The molecule has 20 heteroatoms. The molecule has 4 aliphatic rings. The third-order valence-electron chi connectivity index (χ3n) is 13.5. The lowest BCUT2D eigenvalue weighted by molar-refractivity contribution is -0.138. The van der Waals surface area contributed by atoms with Crippen LogP contribution >= 0.6 is 23.5 Å². The number of likely N-dealkylation sites (tertiary alicyclic amines) is 2. The van der Waals surface area contributed by atoms with Crippen LogP contribution in [0, 0.1) is 11.8 Å². The Morgan fingerprint density at radius 2 is 0.956 bits per heavy atom. The molecule has 2 aromatic carbocycles. The number of hydrogen-bond donors (Lipinski definition) is 0. The molecule has 360 valence electrons. The van der Waals surface area contributed by atoms with Crippen LogP contribution in [0.2, 0.25) is 0 Å². The van der Waals surface area contributed by atoms with Crippen LogP contribution in [-0.4, -0.2) is 125 Å². The van der Waals surface area contributed by atoms with Crippen LogP contribution in [0.3, 0.4) is 0 Å². The van der Waals surface area contributed by atoms with Crippen molar-refractivity contribution in [3.05, 3.63) is 109 Å². The third kappa shape index (κ3) is 11.0. The molecule has 4 aromatic heterocycles. The first-order chi connectivity index (χ1) is 32.8. The Balaban J connectivity index is 0.000000170. The van der Waals surface area contributed by atoms with E-state index in [2.05, 4.69) is 50.0 Å². The lowest BCUT2D eigenvalue weighted by Gasteiger charge is -2.27. The van der Waals surface area contributed by atoms with Crippen LogP contribution in [-0.2, 0) is 26.4 Å². The third-order valence-corrected chi connectivity index (χ3v) is 15.7. The lowest BCUT2D eigenvalue weighted by atomic mass is 10.0. The van der Waals surface area contributed by atoms with Gasteiger partial charge >= 0.3 is 12.4 Å². The fourth-order valence-electron chi connectivity index (χ4n) is 10.1. The van der Waals surface area contributed by atoms with Gasteiger partial charge in [0.15, 0.2) is 22.0 Å². The maximum atomic E-state index is 12.9. The molecule has 0 radical (unpaired) electrons. The summed E-state index contributed by atoms with van der Waals surface area (Å²) in [5, 5.41) is 19.1. The van der Waals surface area contributed by atoms with Gasteiger partial charge in [0.1, 0.15) is 0 Å². The van der Waals surface area contributed by atoms with Crippen molar-refractivity contribution in [1.82, 2.24) is 49.3 Å². The van der Waals surface area contributed by atoms with Crippen LogP contribution in [0.1, 0.15) is 36.8 Å². The van der Waals surface area contributed by atoms with Gasteiger partial charge in [-0.15, -0.1) is 20.4 Å². The molecule has 0 bridgehead atoms. The minimum absolute atomic E-state index is 0.380. The van der Waals surface area contributed by atoms with Crippen LogP contribution in [0.4, 0.5) is 37.7 Å². The van der Waals surface area contributed by atoms with Crippen LogP contribution in [0.25, 0.3) is 22.8 Å². The van der Waals surface area contributed by atoms with Crippen molar-refractivity contribution in [3.8, 4) is 22.8 Å². The molecule has 0 saturated carbocycles. The Bertz CT molecular complexity index is 2380. The minimum atomic E-state index is -4.29. The first-order valence-corrected chi connectivity index (χ1v) is 24.9. The van der Waals surface area contributed by atoms with Crippen molar-refractivity contribution < 1.29 is 26.3 Å². The number of anilines is 2. The summed E-state index contributed by atoms with van der Waals surface area (Å²) in [5.41, 5.74) is 2.51. The molecular formula is C48H54F6N12S2. The second-order valence-corrected chi connectivity index (χ2v) is 20.0. The van der Waals surface area contributed by atoms with Gasteiger partial charge in [0.25, 0.3) is 0 Å². The molecule has 6 aromatic rings. The highest BCUT2D eigenvalue weighted by atomic mass is 32.2. The van der Waals surface area contributed by atoms with Crippen LogP contribution in [0.15, 0.2) is 108 Å². The normalized spacial score (nSPS) is 20.8. The average molecular weight is 977 g/mol. The summed E-state index contributed by atoms with van der Waals surface area (Å²) in [4.78, 5) is 17.9. The van der Waals surface area contributed by atoms with Gasteiger partial charge in [-0.05, 0) is 123 Å². The van der Waals surface area contributed by atoms with Crippen molar-refractivity contribution in [2.45, 2.75) is 60.4 Å². The molecule has 0 spiro atoms. The summed E-state index contributed by atoms with van der Waals surface area (Å²) >= 11 is 3.42. The molecule has 10 rings (SSSR count). The van der Waals surface area contributed by atoms with Gasteiger partial charge in [0.05, 0.1) is 11.1 Å². The molecular weight excluding hydrogens is 923 g/mol. The fourth-order valence-corrected chi connectivity index (χ4v) is 11.7. The topological polar surface area (TPSA) is 100 Å². The van der Waals surface area contributed by atoms with Crippen molar-refractivity contribution >= 4 is 34.9 Å². The molecule has 4 fully saturated rings. The van der Waals surface area contributed by atoms with Gasteiger partial charge in [0, 0.05) is 124 Å². The van der Waals surface area contributed by atoms with Gasteiger partial charge in [-0.25, -0.2) is 0 Å². The summed E-state index contributed by atoms with van der Waals surface area (Å²) in [6, 6.07) is 19.7. The van der Waals surface area contributed by atoms with Gasteiger partial charge in [-0.3, -0.25) is 9.97 Å². The van der Waals surface area contributed by atoms with E-state index in [0.717, 1.165) is 134 Å². The van der Waals surface area contributed by atoms with Crippen molar-refractivity contribution in [2.24, 2.45) is 25.9 Å². The summed E-state index contributed by atoms with van der Waals surface area (Å²) in [7, 11) is 3.95. The Morgan fingerprint density at radius 3 is 1.32 bits per heavy atom. The Hall–Kier alpha value is -5.18. The summed E-state index contributed by atoms with van der Waals surface area (Å²) in [6.07, 6.45) is 2.74. The second kappa shape index (κ2) is 20.8. The van der Waals surface area contributed by atoms with Gasteiger partial charge in [-0.1, -0.05) is 23.5 Å². The molecule has 4 saturated heterocycles. The highest BCUT2D eigenvalue weighted by Crippen LogP contribution is 2.39. The van der Waals surface area contributed by atoms with Gasteiger partial charge < -0.3 is 28.7 Å². The zero-order valence-corrected chi connectivity index (χ0v) is 39.5. The second-order valence-electron chi connectivity index (χ2n) is 17.8. The van der Waals surface area contributed by atoms with E-state index in [1.54, 1.807) is 72.6 Å². The predicted octanol–water partition coefficient (Wildman–Crippen LogP) is 9.18. The van der Waals surface area contributed by atoms with E-state index < -0.39 is 23.5 Å². The number of nitrogens with zero attached hydrogens (tertiary/aromatic N) is 12. The Labute approximate surface area is 400 Å². The number of benzene rings is 2. The molecule has 4 atom stereocenters. The highest BCUT2D eigenvalue weighted by Gasteiger charge is 2.43. The highest BCUT2D eigenvalue weighted by molar-refractivity contribution is 7.99. The number of alkyl halides is 6. The Morgan fingerprint density at radius 1 is 0.544 bits per heavy atom. The number of aromatic nitrogens is 8. The molecule has 0 N–H and O–H groups in total. The monoisotopic (exact) mass is 976 g/mol. The van der Waals surface area contributed by atoms with Crippen molar-refractivity contribution in [2.75, 3.05) is 73.7 Å². The Kier molecular flexibility index (Phi) is 14.7. The molecule has 4 aliphatic heterocycles. The maximum absolute atomic E-state index is 12.9. The number of pyridine rings is 2. The summed E-state index contributed by atoms with van der Waals surface area (Å²) < 4.78 is 81.3. The maximum Gasteiger partial charge on any atom is 0.416 e. The number of halogens is 6. The average Bonchev–Trinajstić information content (AvgIpc) is 4.20. The zero-order valence-electron chi connectivity index (χ0n) is 37.9. The van der Waals surface area contributed by atoms with Crippen LogP contribution in [0.5, 0.6) is 0 Å². The van der Waals surface area contributed by atoms with E-state index in [0.29, 0.717) is 23.9 Å². The first-order valence-electron chi connectivity index (χ1n) is 23.0. The molecule has 0 aliphatic carbocycles. The van der Waals surface area contributed by atoms with Crippen molar-refractivity contribution in [1.29, 1.82) is 0 Å². The summed E-state index contributed by atoms with van der Waals surface area (Å²) in [6.45, 7) is 7.88. The minimum Gasteiger partial charge on any atom is -0.367 e. The quantitative estimate of drug-likeness (QED) is 0.0592. The lowest BCUT2D eigenvalue weighted by Crippen LogP contribution is -2.35. The SMILES string of the molecule is Cn1c(SCCCN2C[C@@H]3CCN(c4ccc(C(F)(F)F)cc4)[C@@H]3C2)nnc1-c1cccnc1.Cn1c(SCCCN2C[C@H]3CCN(c4ccc(C(F)(F)F)cc4)[C@H]3C2)nnc1-c1cccnc1. The molecule has 8 heterocycles. The fraction of sp³-hybridized carbons (Fsp3) is 0.458. The van der Waals surface area contributed by atoms with Gasteiger partial charge in [0.2, 0.25) is 0 Å². The molecule has 0 amide bonds. The zero-order chi connectivity index (χ0) is 47.4. The predicted molar refractivity (Wildman–Crippen MR) is 253 cm³/mol. The number of fused-ring (bicyclic) bond motifs is 2. The standard InChI is InChI=1S/2C24H27F3N6S/c2*1-31-22(17-4-2-10-28-14-17)29-30-23(31)34-13-3-11-32-15-18-9-12-33(21(18)16-32)20-7-5-19(6-8-20)24(25,26)27/h2*2,4-8,10,14,18,21H,3,9,11-13,15-16H2,1H3/t2*18-,21+/m10/s1. The number of hydrogen-bond acceptors (Lipinski definition) is 12. The molecule has 68 heavy (non-hydrogen) atoms. The molecule has 0 unspecified atom stereocenters. The smallest absolute Gasteiger partial charge is 0.367 e. The number of thioether (sulfide) groups is 2. The van der Waals surface area contributed by atoms with E-state index in [1.165, 1.54) is 24.3 Å². The van der Waals surface area contributed by atoms with Crippen LogP contribution < -0.4 is 9.80 Å².